The Bertz CT molecular complexity index is 875. The van der Waals surface area contributed by atoms with Gasteiger partial charge in [0.05, 0.1) is 6.33 Å². The van der Waals surface area contributed by atoms with Crippen LogP contribution >= 0.6 is 0 Å². The van der Waals surface area contributed by atoms with Crippen molar-refractivity contribution in [3.63, 3.8) is 0 Å². The van der Waals surface area contributed by atoms with Crippen molar-refractivity contribution in [1.82, 2.24) is 24.2 Å². The summed E-state index contributed by atoms with van der Waals surface area (Å²) in [6.45, 7) is 3.18. The summed E-state index contributed by atoms with van der Waals surface area (Å²) in [5.74, 6) is -0.0405. The number of rotatable bonds is 3. The third-order valence-corrected chi connectivity index (χ3v) is 4.86. The Morgan fingerprint density at radius 1 is 1.26 bits per heavy atom. The van der Waals surface area contributed by atoms with E-state index >= 15 is 0 Å². The van der Waals surface area contributed by atoms with E-state index in [1.807, 2.05) is 6.92 Å². The molecular formula is C17H20F3N5O2. The van der Waals surface area contributed by atoms with E-state index in [1.54, 1.807) is 22.7 Å². The average Bonchev–Trinajstić information content (AvgIpc) is 2.95. The highest BCUT2D eigenvalue weighted by atomic mass is 19.4. The fourth-order valence-electron chi connectivity index (χ4n) is 3.14. The Labute approximate surface area is 153 Å². The number of carbonyl (C=O) groups is 1. The molecule has 2 aromatic rings. The van der Waals surface area contributed by atoms with Gasteiger partial charge in [-0.3, -0.25) is 18.8 Å². The van der Waals surface area contributed by atoms with E-state index in [2.05, 4.69) is 10.1 Å². The van der Waals surface area contributed by atoms with Crippen molar-refractivity contribution in [2.45, 2.75) is 32.5 Å². The van der Waals surface area contributed by atoms with Gasteiger partial charge in [-0.05, 0) is 31.7 Å². The van der Waals surface area contributed by atoms with Gasteiger partial charge >= 0.3 is 6.18 Å². The van der Waals surface area contributed by atoms with E-state index in [-0.39, 0.29) is 18.4 Å². The molecule has 0 atom stereocenters. The number of piperidine rings is 1. The first-order valence-electron chi connectivity index (χ1n) is 8.58. The SMILES string of the molecule is Cc1cc(C(=O)N2CCC(Cn3cnc(C(F)(F)F)cc3=O)CC2)nn1C. The van der Waals surface area contributed by atoms with Crippen LogP contribution in [-0.4, -0.2) is 43.2 Å². The molecule has 1 saturated heterocycles. The minimum atomic E-state index is -4.63. The lowest BCUT2D eigenvalue weighted by molar-refractivity contribution is -0.141. The fourth-order valence-corrected chi connectivity index (χ4v) is 3.14. The zero-order chi connectivity index (χ0) is 19.8. The molecule has 7 nitrogen and oxygen atoms in total. The van der Waals surface area contributed by atoms with Gasteiger partial charge in [-0.15, -0.1) is 0 Å². The molecule has 1 amide bonds. The molecule has 0 N–H and O–H groups in total. The first kappa shape index (κ1) is 19.1. The van der Waals surface area contributed by atoms with Gasteiger partial charge in [0.1, 0.15) is 0 Å². The predicted octanol–water partition coefficient (Wildman–Crippen LogP) is 1.86. The van der Waals surface area contributed by atoms with Crippen LogP contribution in [0, 0.1) is 12.8 Å². The highest BCUT2D eigenvalue weighted by molar-refractivity contribution is 5.92. The van der Waals surface area contributed by atoms with Crippen LogP contribution in [0.2, 0.25) is 0 Å². The van der Waals surface area contributed by atoms with Crippen molar-refractivity contribution in [2.75, 3.05) is 13.1 Å². The Balaban J connectivity index is 1.60. The zero-order valence-corrected chi connectivity index (χ0v) is 15.0. The summed E-state index contributed by atoms with van der Waals surface area (Å²) in [6.07, 6.45) is -2.37. The van der Waals surface area contributed by atoms with Gasteiger partial charge in [0.25, 0.3) is 11.5 Å². The summed E-state index contributed by atoms with van der Waals surface area (Å²) in [4.78, 5) is 29.4. The second-order valence-corrected chi connectivity index (χ2v) is 6.79. The number of halogens is 3. The number of likely N-dealkylation sites (tertiary alicyclic amines) is 1. The molecule has 3 rings (SSSR count). The lowest BCUT2D eigenvalue weighted by Crippen LogP contribution is -2.40. The summed E-state index contributed by atoms with van der Waals surface area (Å²) < 4.78 is 40.6. The van der Waals surface area contributed by atoms with E-state index in [1.165, 1.54) is 4.57 Å². The van der Waals surface area contributed by atoms with Crippen LogP contribution in [0.4, 0.5) is 13.2 Å². The number of amides is 1. The Morgan fingerprint density at radius 3 is 2.44 bits per heavy atom. The number of aryl methyl sites for hydroxylation is 2. The fraction of sp³-hybridized carbons (Fsp3) is 0.529. The maximum absolute atomic E-state index is 12.6. The highest BCUT2D eigenvalue weighted by Gasteiger charge is 2.33. The monoisotopic (exact) mass is 383 g/mol. The first-order valence-corrected chi connectivity index (χ1v) is 8.58. The van der Waals surface area contributed by atoms with Crippen LogP contribution in [0.15, 0.2) is 23.3 Å². The minimum absolute atomic E-state index is 0.0933. The normalized spacial score (nSPS) is 16.0. The Hall–Kier alpha value is -2.65. The molecule has 0 spiro atoms. The lowest BCUT2D eigenvalue weighted by Gasteiger charge is -2.31. The van der Waals surface area contributed by atoms with Crippen molar-refractivity contribution in [3.8, 4) is 0 Å². The summed E-state index contributed by atoms with van der Waals surface area (Å²) in [5, 5.41) is 4.19. The standard InChI is InChI=1S/C17H20F3N5O2/c1-11-7-13(22-23(11)2)16(27)24-5-3-12(4-6-24)9-25-10-21-14(8-15(25)26)17(18,19)20/h7-8,10,12H,3-6,9H2,1-2H3. The van der Waals surface area contributed by atoms with Gasteiger partial charge in [0.2, 0.25) is 0 Å². The number of hydrogen-bond acceptors (Lipinski definition) is 4. The van der Waals surface area contributed by atoms with E-state index in [0.29, 0.717) is 37.7 Å². The molecule has 10 heteroatoms. The maximum Gasteiger partial charge on any atom is 0.433 e. The third kappa shape index (κ3) is 4.20. The van der Waals surface area contributed by atoms with Crippen LogP contribution in [-0.2, 0) is 19.8 Å². The van der Waals surface area contributed by atoms with Crippen LogP contribution < -0.4 is 5.56 Å². The summed E-state index contributed by atoms with van der Waals surface area (Å²) in [7, 11) is 1.77. The average molecular weight is 383 g/mol. The van der Waals surface area contributed by atoms with E-state index in [9.17, 15) is 22.8 Å². The number of alkyl halides is 3. The smallest absolute Gasteiger partial charge is 0.337 e. The molecule has 1 fully saturated rings. The van der Waals surface area contributed by atoms with E-state index in [4.69, 9.17) is 0 Å². The summed E-state index contributed by atoms with van der Waals surface area (Å²) in [6, 6.07) is 2.25. The third-order valence-electron chi connectivity index (χ3n) is 4.86. The molecule has 3 heterocycles. The van der Waals surface area contributed by atoms with Crippen molar-refractivity contribution >= 4 is 5.91 Å². The van der Waals surface area contributed by atoms with Crippen LogP contribution in [0.5, 0.6) is 0 Å². The topological polar surface area (TPSA) is 73.0 Å². The van der Waals surface area contributed by atoms with Gasteiger partial charge in [-0.2, -0.15) is 18.3 Å². The predicted molar refractivity (Wildman–Crippen MR) is 90.1 cm³/mol. The van der Waals surface area contributed by atoms with Crippen LogP contribution in [0.3, 0.4) is 0 Å². The molecular weight excluding hydrogens is 363 g/mol. The van der Waals surface area contributed by atoms with Gasteiger partial charge in [0, 0.05) is 38.4 Å². The zero-order valence-electron chi connectivity index (χ0n) is 15.0. The second kappa shape index (κ2) is 7.16. The number of nitrogens with zero attached hydrogens (tertiary/aromatic N) is 5. The first-order chi connectivity index (χ1) is 12.6. The Morgan fingerprint density at radius 2 is 1.93 bits per heavy atom. The molecule has 1 aliphatic rings. The largest absolute Gasteiger partial charge is 0.433 e. The number of aromatic nitrogens is 4. The van der Waals surface area contributed by atoms with E-state index in [0.717, 1.165) is 12.0 Å². The molecule has 146 valence electrons. The van der Waals surface area contributed by atoms with Crippen LogP contribution in [0.1, 0.15) is 34.7 Å². The number of hydrogen-bond donors (Lipinski definition) is 0. The van der Waals surface area contributed by atoms with Gasteiger partial charge < -0.3 is 4.90 Å². The summed E-state index contributed by atoms with van der Waals surface area (Å²) in [5.41, 5.74) is -0.617. The molecule has 1 aliphatic heterocycles. The quantitative estimate of drug-likeness (QED) is 0.811. The second-order valence-electron chi connectivity index (χ2n) is 6.79. The van der Waals surface area contributed by atoms with E-state index < -0.39 is 17.4 Å². The van der Waals surface area contributed by atoms with Crippen LogP contribution in [0.25, 0.3) is 0 Å². The minimum Gasteiger partial charge on any atom is -0.337 e. The Kier molecular flexibility index (Phi) is 5.07. The molecule has 0 aliphatic carbocycles. The molecule has 0 aromatic carbocycles. The molecule has 0 saturated carbocycles. The lowest BCUT2D eigenvalue weighted by atomic mass is 9.96. The highest BCUT2D eigenvalue weighted by Crippen LogP contribution is 2.26. The van der Waals surface area contributed by atoms with Crippen molar-refractivity contribution in [1.29, 1.82) is 0 Å². The maximum atomic E-state index is 12.6. The molecule has 0 bridgehead atoms. The van der Waals surface area contributed by atoms with Crippen molar-refractivity contribution in [2.24, 2.45) is 13.0 Å². The summed E-state index contributed by atoms with van der Waals surface area (Å²) >= 11 is 0. The van der Waals surface area contributed by atoms with Crippen molar-refractivity contribution < 1.29 is 18.0 Å². The van der Waals surface area contributed by atoms with Gasteiger partial charge in [-0.1, -0.05) is 0 Å². The van der Waals surface area contributed by atoms with Gasteiger partial charge in [-0.25, -0.2) is 4.98 Å². The molecule has 0 radical (unpaired) electrons. The molecule has 27 heavy (non-hydrogen) atoms. The number of carbonyl (C=O) groups excluding carboxylic acids is 1. The van der Waals surface area contributed by atoms with Crippen molar-refractivity contribution in [3.05, 3.63) is 45.9 Å². The van der Waals surface area contributed by atoms with Gasteiger partial charge in [0.15, 0.2) is 11.4 Å². The molecule has 2 aromatic heterocycles. The molecule has 0 unspecified atom stereocenters.